The van der Waals surface area contributed by atoms with Gasteiger partial charge in [-0.1, -0.05) is 6.07 Å². The van der Waals surface area contributed by atoms with Gasteiger partial charge in [0, 0.05) is 19.6 Å². The van der Waals surface area contributed by atoms with Crippen LogP contribution in [0.25, 0.3) is 0 Å². The number of nitrogens with zero attached hydrogens (tertiary/aromatic N) is 2. The molecule has 0 aromatic heterocycles. The molecule has 16 heavy (non-hydrogen) atoms. The van der Waals surface area contributed by atoms with E-state index < -0.39 is 0 Å². The summed E-state index contributed by atoms with van der Waals surface area (Å²) >= 11 is 0. The number of hydrogen-bond acceptors (Lipinski definition) is 4. The molecule has 0 fully saturated rings. The molecule has 86 valence electrons. The molecule has 0 aliphatic rings. The highest BCUT2D eigenvalue weighted by molar-refractivity contribution is 5.60. The van der Waals surface area contributed by atoms with Crippen molar-refractivity contribution in [3.05, 3.63) is 29.3 Å². The first-order valence-electron chi connectivity index (χ1n) is 5.35. The molecule has 0 atom stereocenters. The first-order chi connectivity index (χ1) is 7.76. The minimum absolute atomic E-state index is 0.0807. The number of nitriles is 1. The quantitative estimate of drug-likeness (QED) is 0.769. The second kappa shape index (κ2) is 6.11. The monoisotopic (exact) mass is 219 g/mol. The van der Waals surface area contributed by atoms with Crippen molar-refractivity contribution in [1.82, 2.24) is 0 Å². The highest BCUT2D eigenvalue weighted by Gasteiger charge is 2.09. The third-order valence-corrected chi connectivity index (χ3v) is 2.51. The summed E-state index contributed by atoms with van der Waals surface area (Å²) in [6, 6.07) is 7.77. The van der Waals surface area contributed by atoms with Crippen molar-refractivity contribution in [3.63, 3.8) is 0 Å². The van der Waals surface area contributed by atoms with Gasteiger partial charge in [0.05, 0.1) is 17.9 Å². The number of hydrogen-bond donors (Lipinski definition) is 2. The highest BCUT2D eigenvalue weighted by atomic mass is 16.3. The van der Waals surface area contributed by atoms with E-state index in [1.165, 1.54) is 0 Å². The van der Waals surface area contributed by atoms with Crippen molar-refractivity contribution in [2.75, 3.05) is 24.6 Å². The highest BCUT2D eigenvalue weighted by Crippen LogP contribution is 2.21. The number of aliphatic hydroxyl groups excluding tert-OH is 1. The Morgan fingerprint density at radius 3 is 2.75 bits per heavy atom. The van der Waals surface area contributed by atoms with Crippen LogP contribution in [0.4, 0.5) is 5.69 Å². The van der Waals surface area contributed by atoms with Crippen molar-refractivity contribution in [1.29, 1.82) is 5.26 Å². The lowest BCUT2D eigenvalue weighted by Crippen LogP contribution is -2.27. The maximum Gasteiger partial charge on any atom is 0.101 e. The second-order valence-corrected chi connectivity index (χ2v) is 3.47. The fourth-order valence-corrected chi connectivity index (χ4v) is 1.65. The summed E-state index contributed by atoms with van der Waals surface area (Å²) in [4.78, 5) is 1.97. The van der Waals surface area contributed by atoms with Gasteiger partial charge in [0.2, 0.25) is 0 Å². The summed E-state index contributed by atoms with van der Waals surface area (Å²) in [5.41, 5.74) is 7.94. The molecule has 0 heterocycles. The van der Waals surface area contributed by atoms with Gasteiger partial charge in [-0.05, 0) is 24.6 Å². The van der Waals surface area contributed by atoms with Crippen LogP contribution in [-0.2, 0) is 6.54 Å². The zero-order valence-corrected chi connectivity index (χ0v) is 9.48. The van der Waals surface area contributed by atoms with E-state index in [2.05, 4.69) is 6.07 Å². The van der Waals surface area contributed by atoms with Crippen LogP contribution in [-0.4, -0.2) is 24.8 Å². The SMILES string of the molecule is CCN(CCO)c1ccc(CN)cc1C#N. The van der Waals surface area contributed by atoms with Crippen molar-refractivity contribution >= 4 is 5.69 Å². The van der Waals surface area contributed by atoms with Gasteiger partial charge in [-0.2, -0.15) is 5.26 Å². The molecule has 4 heteroatoms. The largest absolute Gasteiger partial charge is 0.395 e. The zero-order valence-electron chi connectivity index (χ0n) is 9.48. The molecule has 0 amide bonds. The summed E-state index contributed by atoms with van der Waals surface area (Å²) in [5, 5.41) is 18.0. The van der Waals surface area contributed by atoms with E-state index in [0.29, 0.717) is 18.7 Å². The van der Waals surface area contributed by atoms with Gasteiger partial charge in [0.15, 0.2) is 0 Å². The van der Waals surface area contributed by atoms with Gasteiger partial charge >= 0.3 is 0 Å². The van der Waals surface area contributed by atoms with Crippen molar-refractivity contribution in [3.8, 4) is 6.07 Å². The second-order valence-electron chi connectivity index (χ2n) is 3.47. The molecule has 0 saturated carbocycles. The topological polar surface area (TPSA) is 73.3 Å². The molecule has 0 aliphatic carbocycles. The maximum atomic E-state index is 9.07. The standard InChI is InChI=1S/C12H17N3O/c1-2-15(5-6-16)12-4-3-10(8-13)7-11(12)9-14/h3-4,7,16H,2,5-6,8,13H2,1H3. The average Bonchev–Trinajstić information content (AvgIpc) is 2.35. The summed E-state index contributed by atoms with van der Waals surface area (Å²) in [5.74, 6) is 0. The van der Waals surface area contributed by atoms with Crippen LogP contribution in [0.15, 0.2) is 18.2 Å². The Bertz CT molecular complexity index is 384. The van der Waals surface area contributed by atoms with Gasteiger partial charge in [-0.15, -0.1) is 0 Å². The third kappa shape index (κ3) is 2.72. The van der Waals surface area contributed by atoms with Crippen molar-refractivity contribution < 1.29 is 5.11 Å². The average molecular weight is 219 g/mol. The molecule has 0 aliphatic heterocycles. The van der Waals surface area contributed by atoms with Crippen LogP contribution in [0, 0.1) is 11.3 Å². The summed E-state index contributed by atoms with van der Waals surface area (Å²) in [6.07, 6.45) is 0. The van der Waals surface area contributed by atoms with E-state index in [4.69, 9.17) is 16.1 Å². The molecule has 4 nitrogen and oxygen atoms in total. The van der Waals surface area contributed by atoms with Crippen LogP contribution in [0.2, 0.25) is 0 Å². The molecule has 3 N–H and O–H groups in total. The molecule has 0 radical (unpaired) electrons. The first-order valence-corrected chi connectivity index (χ1v) is 5.35. The molecule has 1 aromatic rings. The summed E-state index contributed by atoms with van der Waals surface area (Å²) < 4.78 is 0. The summed E-state index contributed by atoms with van der Waals surface area (Å²) in [6.45, 7) is 3.80. The van der Waals surface area contributed by atoms with Crippen molar-refractivity contribution in [2.24, 2.45) is 5.73 Å². The van der Waals surface area contributed by atoms with Gasteiger partial charge in [-0.25, -0.2) is 0 Å². The normalized spacial score (nSPS) is 9.88. The smallest absolute Gasteiger partial charge is 0.101 e. The molecular weight excluding hydrogens is 202 g/mol. The van der Waals surface area contributed by atoms with Crippen LogP contribution in [0.3, 0.4) is 0 Å². The number of likely N-dealkylation sites (N-methyl/N-ethyl adjacent to an activating group) is 1. The Labute approximate surface area is 95.9 Å². The van der Waals surface area contributed by atoms with E-state index in [0.717, 1.165) is 17.8 Å². The van der Waals surface area contributed by atoms with Gasteiger partial charge in [-0.3, -0.25) is 0 Å². The fraction of sp³-hybridized carbons (Fsp3) is 0.417. The van der Waals surface area contributed by atoms with E-state index in [1.54, 1.807) is 6.07 Å². The van der Waals surface area contributed by atoms with E-state index in [-0.39, 0.29) is 6.61 Å². The Hall–Kier alpha value is -1.57. The van der Waals surface area contributed by atoms with Gasteiger partial charge in [0.1, 0.15) is 6.07 Å². The van der Waals surface area contributed by atoms with Crippen LogP contribution in [0.5, 0.6) is 0 Å². The van der Waals surface area contributed by atoms with E-state index >= 15 is 0 Å². The van der Waals surface area contributed by atoms with Crippen molar-refractivity contribution in [2.45, 2.75) is 13.5 Å². The minimum atomic E-state index is 0.0807. The van der Waals surface area contributed by atoms with Gasteiger partial charge in [0.25, 0.3) is 0 Å². The lowest BCUT2D eigenvalue weighted by atomic mass is 10.1. The van der Waals surface area contributed by atoms with Crippen LogP contribution in [0.1, 0.15) is 18.1 Å². The minimum Gasteiger partial charge on any atom is -0.395 e. The molecule has 0 bridgehead atoms. The van der Waals surface area contributed by atoms with Crippen LogP contribution < -0.4 is 10.6 Å². The van der Waals surface area contributed by atoms with E-state index in [1.807, 2.05) is 24.0 Å². The van der Waals surface area contributed by atoms with Crippen LogP contribution >= 0.6 is 0 Å². The molecule has 0 unspecified atom stereocenters. The Balaban J connectivity index is 3.07. The Morgan fingerprint density at radius 1 is 1.50 bits per heavy atom. The van der Waals surface area contributed by atoms with Gasteiger partial charge < -0.3 is 15.7 Å². The number of rotatable bonds is 5. The summed E-state index contributed by atoms with van der Waals surface area (Å²) in [7, 11) is 0. The first kappa shape index (κ1) is 12.5. The maximum absolute atomic E-state index is 9.07. The lowest BCUT2D eigenvalue weighted by Gasteiger charge is -2.23. The number of anilines is 1. The molecule has 1 aromatic carbocycles. The fourth-order valence-electron chi connectivity index (χ4n) is 1.65. The number of aliphatic hydroxyl groups is 1. The molecular formula is C12H17N3O. The number of nitrogens with two attached hydrogens (primary N) is 1. The molecule has 1 rings (SSSR count). The molecule has 0 saturated heterocycles. The predicted molar refractivity (Wildman–Crippen MR) is 64.0 cm³/mol. The molecule has 0 spiro atoms. The Morgan fingerprint density at radius 2 is 2.25 bits per heavy atom. The van der Waals surface area contributed by atoms with E-state index in [9.17, 15) is 0 Å². The third-order valence-electron chi connectivity index (χ3n) is 2.51. The number of benzene rings is 1. The Kier molecular flexibility index (Phi) is 4.77. The zero-order chi connectivity index (χ0) is 12.0. The lowest BCUT2D eigenvalue weighted by molar-refractivity contribution is 0.302. The predicted octanol–water partition coefficient (Wildman–Crippen LogP) is 0.836.